The topological polar surface area (TPSA) is 40.6 Å². The van der Waals surface area contributed by atoms with E-state index in [1.54, 1.807) is 11.8 Å². The quantitative estimate of drug-likeness (QED) is 0.842. The highest BCUT2D eigenvalue weighted by Gasteiger charge is 2.49. The van der Waals surface area contributed by atoms with Crippen LogP contribution in [-0.4, -0.2) is 40.4 Å². The molecule has 0 saturated carbocycles. The number of nitrogens with zero attached hydrogens (tertiary/aromatic N) is 2. The Labute approximate surface area is 148 Å². The van der Waals surface area contributed by atoms with Crippen molar-refractivity contribution in [1.29, 1.82) is 0 Å². The lowest BCUT2D eigenvalue weighted by Crippen LogP contribution is -2.53. The zero-order chi connectivity index (χ0) is 17.3. The van der Waals surface area contributed by atoms with E-state index < -0.39 is 0 Å². The summed E-state index contributed by atoms with van der Waals surface area (Å²) in [4.78, 5) is 28.6. The van der Waals surface area contributed by atoms with Crippen molar-refractivity contribution in [3.05, 3.63) is 29.8 Å². The van der Waals surface area contributed by atoms with Gasteiger partial charge in [-0.1, -0.05) is 31.5 Å². The Morgan fingerprint density at radius 1 is 1.21 bits per heavy atom. The molecule has 2 aliphatic rings. The smallest absolute Gasteiger partial charge is 0.238 e. The van der Waals surface area contributed by atoms with E-state index in [2.05, 4.69) is 32.9 Å². The number of benzene rings is 1. The minimum absolute atomic E-state index is 0.180. The number of aryl methyl sites for hydroxylation is 1. The second-order valence-corrected chi connectivity index (χ2v) is 8.62. The van der Waals surface area contributed by atoms with Crippen LogP contribution in [0.5, 0.6) is 0 Å². The van der Waals surface area contributed by atoms with E-state index in [1.807, 2.05) is 21.9 Å². The SMILES string of the molecule is Cc1ccc(N2C(=O)CSC23CCN(C(=O)CC(C)C)CC3)cc1. The molecule has 0 N–H and O–H groups in total. The van der Waals surface area contributed by atoms with Crippen molar-refractivity contribution in [2.75, 3.05) is 23.7 Å². The van der Waals surface area contributed by atoms with Gasteiger partial charge in [0.05, 0.1) is 10.6 Å². The third-order valence-corrected chi connectivity index (χ3v) is 6.41. The summed E-state index contributed by atoms with van der Waals surface area (Å²) in [6, 6.07) is 8.19. The van der Waals surface area contributed by atoms with E-state index in [1.165, 1.54) is 5.56 Å². The summed E-state index contributed by atoms with van der Waals surface area (Å²) in [6.07, 6.45) is 2.31. The molecule has 1 aromatic rings. The summed E-state index contributed by atoms with van der Waals surface area (Å²) in [6.45, 7) is 7.70. The first-order chi connectivity index (χ1) is 11.4. The van der Waals surface area contributed by atoms with Crippen LogP contribution in [0.4, 0.5) is 5.69 Å². The fourth-order valence-corrected chi connectivity index (χ4v) is 4.91. The fourth-order valence-electron chi connectivity index (χ4n) is 3.58. The Bertz CT molecular complexity index is 619. The fraction of sp³-hybridized carbons (Fsp3) is 0.579. The van der Waals surface area contributed by atoms with E-state index in [4.69, 9.17) is 0 Å². The molecule has 24 heavy (non-hydrogen) atoms. The second-order valence-electron chi connectivity index (χ2n) is 7.28. The Kier molecular flexibility index (Phi) is 4.90. The highest BCUT2D eigenvalue weighted by molar-refractivity contribution is 8.02. The number of hydrogen-bond acceptors (Lipinski definition) is 3. The van der Waals surface area contributed by atoms with Crippen LogP contribution in [0.2, 0.25) is 0 Å². The highest BCUT2D eigenvalue weighted by Crippen LogP contribution is 2.46. The molecule has 0 aliphatic carbocycles. The number of piperidine rings is 1. The van der Waals surface area contributed by atoms with Crippen molar-refractivity contribution < 1.29 is 9.59 Å². The number of anilines is 1. The number of thioether (sulfide) groups is 1. The van der Waals surface area contributed by atoms with Crippen LogP contribution in [0, 0.1) is 12.8 Å². The maximum absolute atomic E-state index is 12.5. The Morgan fingerprint density at radius 2 is 1.83 bits per heavy atom. The van der Waals surface area contributed by atoms with Gasteiger partial charge in [0.25, 0.3) is 0 Å². The Balaban J connectivity index is 1.75. The highest BCUT2D eigenvalue weighted by atomic mass is 32.2. The van der Waals surface area contributed by atoms with Crippen LogP contribution in [0.25, 0.3) is 0 Å². The molecule has 0 radical (unpaired) electrons. The number of amides is 2. The maximum Gasteiger partial charge on any atom is 0.238 e. The molecule has 3 rings (SSSR count). The van der Waals surface area contributed by atoms with Crippen molar-refractivity contribution in [3.8, 4) is 0 Å². The molecule has 2 heterocycles. The van der Waals surface area contributed by atoms with E-state index in [-0.39, 0.29) is 16.7 Å². The van der Waals surface area contributed by atoms with E-state index >= 15 is 0 Å². The molecule has 1 spiro atoms. The van der Waals surface area contributed by atoms with Gasteiger partial charge >= 0.3 is 0 Å². The molecule has 1 aromatic carbocycles. The zero-order valence-electron chi connectivity index (χ0n) is 14.7. The normalized spacial score (nSPS) is 20.2. The average molecular weight is 346 g/mol. The number of likely N-dealkylation sites (tertiary alicyclic amines) is 1. The van der Waals surface area contributed by atoms with Crippen molar-refractivity contribution in [3.63, 3.8) is 0 Å². The summed E-state index contributed by atoms with van der Waals surface area (Å²) < 4.78 is 0. The first-order valence-electron chi connectivity index (χ1n) is 8.73. The lowest BCUT2D eigenvalue weighted by atomic mass is 9.99. The lowest BCUT2D eigenvalue weighted by molar-refractivity contribution is -0.133. The van der Waals surface area contributed by atoms with Gasteiger partial charge < -0.3 is 4.90 Å². The van der Waals surface area contributed by atoms with Crippen LogP contribution in [0.15, 0.2) is 24.3 Å². The van der Waals surface area contributed by atoms with Crippen molar-refractivity contribution >= 4 is 29.3 Å². The van der Waals surface area contributed by atoms with Gasteiger partial charge in [0.2, 0.25) is 11.8 Å². The molecular formula is C19H26N2O2S. The third-order valence-electron chi connectivity index (χ3n) is 4.89. The first kappa shape index (κ1) is 17.3. The van der Waals surface area contributed by atoms with Gasteiger partial charge in [0.1, 0.15) is 0 Å². The molecule has 130 valence electrons. The van der Waals surface area contributed by atoms with Crippen molar-refractivity contribution in [2.24, 2.45) is 5.92 Å². The standard InChI is InChI=1S/C19H26N2O2S/c1-14(2)12-17(22)20-10-8-19(9-11-20)21(18(23)13-24-19)16-6-4-15(3)5-7-16/h4-7,14H,8-13H2,1-3H3. The Hall–Kier alpha value is -1.49. The Morgan fingerprint density at radius 3 is 2.42 bits per heavy atom. The molecule has 0 unspecified atom stereocenters. The molecule has 2 fully saturated rings. The van der Waals surface area contributed by atoms with Crippen LogP contribution in [-0.2, 0) is 9.59 Å². The number of carbonyl (C=O) groups is 2. The van der Waals surface area contributed by atoms with Crippen LogP contribution >= 0.6 is 11.8 Å². The minimum Gasteiger partial charge on any atom is -0.342 e. The van der Waals surface area contributed by atoms with Gasteiger partial charge in [-0.05, 0) is 37.8 Å². The average Bonchev–Trinajstić information content (AvgIpc) is 2.85. The van der Waals surface area contributed by atoms with Gasteiger partial charge in [0.15, 0.2) is 0 Å². The summed E-state index contributed by atoms with van der Waals surface area (Å²) in [5.41, 5.74) is 2.18. The van der Waals surface area contributed by atoms with Gasteiger partial charge in [-0.25, -0.2) is 0 Å². The van der Waals surface area contributed by atoms with Crippen LogP contribution in [0.1, 0.15) is 38.7 Å². The summed E-state index contributed by atoms with van der Waals surface area (Å²) in [7, 11) is 0. The van der Waals surface area contributed by atoms with Gasteiger partial charge in [-0.3, -0.25) is 14.5 Å². The molecule has 5 heteroatoms. The molecule has 0 aromatic heterocycles. The van der Waals surface area contributed by atoms with Crippen molar-refractivity contribution in [1.82, 2.24) is 4.90 Å². The van der Waals surface area contributed by atoms with E-state index in [9.17, 15) is 9.59 Å². The van der Waals surface area contributed by atoms with Gasteiger partial charge in [-0.15, -0.1) is 11.8 Å². The van der Waals surface area contributed by atoms with E-state index in [0.29, 0.717) is 18.1 Å². The molecule has 4 nitrogen and oxygen atoms in total. The summed E-state index contributed by atoms with van der Waals surface area (Å²) >= 11 is 1.75. The third kappa shape index (κ3) is 3.32. The number of hydrogen-bond donors (Lipinski definition) is 0. The molecule has 2 aliphatic heterocycles. The first-order valence-corrected chi connectivity index (χ1v) is 9.71. The monoisotopic (exact) mass is 346 g/mol. The summed E-state index contributed by atoms with van der Waals surface area (Å²) in [5, 5.41) is 0. The second kappa shape index (κ2) is 6.79. The van der Waals surface area contributed by atoms with Crippen LogP contribution < -0.4 is 4.90 Å². The predicted molar refractivity (Wildman–Crippen MR) is 99.1 cm³/mol. The van der Waals surface area contributed by atoms with Crippen LogP contribution in [0.3, 0.4) is 0 Å². The largest absolute Gasteiger partial charge is 0.342 e. The number of carbonyl (C=O) groups excluding carboxylic acids is 2. The van der Waals surface area contributed by atoms with Crippen molar-refractivity contribution in [2.45, 2.75) is 44.9 Å². The number of rotatable bonds is 3. The van der Waals surface area contributed by atoms with Gasteiger partial charge in [0, 0.05) is 25.2 Å². The lowest BCUT2D eigenvalue weighted by Gasteiger charge is -2.44. The molecule has 2 amide bonds. The minimum atomic E-state index is -0.180. The zero-order valence-corrected chi connectivity index (χ0v) is 15.6. The molecule has 0 atom stereocenters. The molecular weight excluding hydrogens is 320 g/mol. The maximum atomic E-state index is 12.5. The summed E-state index contributed by atoms with van der Waals surface area (Å²) in [5.74, 6) is 1.36. The van der Waals surface area contributed by atoms with E-state index in [0.717, 1.165) is 31.6 Å². The van der Waals surface area contributed by atoms with Gasteiger partial charge in [-0.2, -0.15) is 0 Å². The predicted octanol–water partition coefficient (Wildman–Crippen LogP) is 3.44. The molecule has 0 bridgehead atoms. The molecule has 2 saturated heterocycles.